The van der Waals surface area contributed by atoms with Crippen LogP contribution < -0.4 is 15.4 Å². The number of nitrogens with one attached hydrogen (secondary N) is 2. The van der Waals surface area contributed by atoms with Crippen molar-refractivity contribution in [2.24, 2.45) is 0 Å². The maximum absolute atomic E-state index is 11.9. The zero-order valence-corrected chi connectivity index (χ0v) is 15.8. The van der Waals surface area contributed by atoms with E-state index < -0.39 is 0 Å². The summed E-state index contributed by atoms with van der Waals surface area (Å²) in [6, 6.07) is 13.8. The second-order valence-electron chi connectivity index (χ2n) is 7.38. The minimum atomic E-state index is -0.229. The first kappa shape index (κ1) is 18.8. The Labute approximate surface area is 150 Å². The van der Waals surface area contributed by atoms with Gasteiger partial charge in [-0.15, -0.1) is 0 Å². The maximum Gasteiger partial charge on any atom is 0.319 e. The Balaban J connectivity index is 1.75. The first-order valence-electron chi connectivity index (χ1n) is 8.60. The number of hydrogen-bond donors (Lipinski definition) is 2. The van der Waals surface area contributed by atoms with Crippen molar-refractivity contribution < 1.29 is 9.53 Å². The number of anilines is 1. The van der Waals surface area contributed by atoms with Gasteiger partial charge in [0.2, 0.25) is 0 Å². The van der Waals surface area contributed by atoms with Crippen molar-refractivity contribution >= 4 is 11.7 Å². The molecule has 0 aliphatic rings. The number of carbonyl (C=O) groups is 1. The van der Waals surface area contributed by atoms with Crippen molar-refractivity contribution in [3.05, 3.63) is 59.2 Å². The van der Waals surface area contributed by atoms with Gasteiger partial charge in [-0.2, -0.15) is 0 Å². The van der Waals surface area contributed by atoms with Gasteiger partial charge in [0, 0.05) is 5.69 Å². The lowest BCUT2D eigenvalue weighted by molar-refractivity contribution is 0.247. The molecule has 0 bridgehead atoms. The average molecular weight is 340 g/mol. The number of urea groups is 1. The van der Waals surface area contributed by atoms with Crippen LogP contribution in [0.3, 0.4) is 0 Å². The van der Waals surface area contributed by atoms with Crippen molar-refractivity contribution in [2.75, 3.05) is 18.5 Å². The molecule has 0 saturated carbocycles. The van der Waals surface area contributed by atoms with E-state index in [4.69, 9.17) is 4.74 Å². The van der Waals surface area contributed by atoms with Gasteiger partial charge in [0.15, 0.2) is 0 Å². The third-order valence-corrected chi connectivity index (χ3v) is 3.86. The van der Waals surface area contributed by atoms with Gasteiger partial charge in [-0.3, -0.25) is 0 Å². The molecule has 0 fully saturated rings. The molecule has 0 spiro atoms. The quantitative estimate of drug-likeness (QED) is 0.768. The zero-order valence-electron chi connectivity index (χ0n) is 15.8. The van der Waals surface area contributed by atoms with E-state index in [0.29, 0.717) is 13.2 Å². The van der Waals surface area contributed by atoms with Crippen molar-refractivity contribution in [1.82, 2.24) is 5.32 Å². The molecule has 0 aliphatic heterocycles. The summed E-state index contributed by atoms with van der Waals surface area (Å²) in [5.74, 6) is 0.831. The minimum Gasteiger partial charge on any atom is -0.492 e. The summed E-state index contributed by atoms with van der Waals surface area (Å²) < 4.78 is 5.68. The predicted octanol–water partition coefficient (Wildman–Crippen LogP) is 4.80. The molecular formula is C21H28N2O2. The summed E-state index contributed by atoms with van der Waals surface area (Å²) in [5.41, 5.74) is 4.45. The number of ether oxygens (including phenoxy) is 1. The smallest absolute Gasteiger partial charge is 0.319 e. The SMILES string of the molecule is Cc1cc(C)cc(OCCNC(=O)Nc2ccc(C(C)(C)C)cc2)c1. The first-order valence-corrected chi connectivity index (χ1v) is 8.60. The van der Waals surface area contributed by atoms with E-state index in [9.17, 15) is 4.79 Å². The second-order valence-corrected chi connectivity index (χ2v) is 7.38. The zero-order chi connectivity index (χ0) is 18.4. The average Bonchev–Trinajstić information content (AvgIpc) is 2.50. The van der Waals surface area contributed by atoms with Gasteiger partial charge in [-0.05, 0) is 60.2 Å². The lowest BCUT2D eigenvalue weighted by Crippen LogP contribution is -2.32. The molecule has 134 valence electrons. The lowest BCUT2D eigenvalue weighted by Gasteiger charge is -2.19. The highest BCUT2D eigenvalue weighted by molar-refractivity contribution is 5.89. The normalized spacial score (nSPS) is 11.1. The van der Waals surface area contributed by atoms with Crippen molar-refractivity contribution in [2.45, 2.75) is 40.0 Å². The molecule has 4 nitrogen and oxygen atoms in total. The minimum absolute atomic E-state index is 0.103. The van der Waals surface area contributed by atoms with Crippen LogP contribution in [0.25, 0.3) is 0 Å². The molecule has 0 saturated heterocycles. The number of rotatable bonds is 5. The molecule has 4 heteroatoms. The summed E-state index contributed by atoms with van der Waals surface area (Å²) in [7, 11) is 0. The first-order chi connectivity index (χ1) is 11.7. The van der Waals surface area contributed by atoms with Gasteiger partial charge < -0.3 is 15.4 Å². The number of carbonyl (C=O) groups excluding carboxylic acids is 1. The van der Waals surface area contributed by atoms with Crippen LogP contribution in [0.5, 0.6) is 5.75 Å². The summed E-state index contributed by atoms with van der Waals surface area (Å²) >= 11 is 0. The molecule has 0 heterocycles. The van der Waals surface area contributed by atoms with Crippen molar-refractivity contribution in [1.29, 1.82) is 0 Å². The highest BCUT2D eigenvalue weighted by Gasteiger charge is 2.13. The van der Waals surface area contributed by atoms with E-state index in [2.05, 4.69) is 37.5 Å². The van der Waals surface area contributed by atoms with Gasteiger partial charge in [-0.1, -0.05) is 39.0 Å². The Morgan fingerprint density at radius 2 is 1.60 bits per heavy atom. The Morgan fingerprint density at radius 3 is 2.16 bits per heavy atom. The van der Waals surface area contributed by atoms with Crippen LogP contribution in [0.2, 0.25) is 0 Å². The molecule has 25 heavy (non-hydrogen) atoms. The van der Waals surface area contributed by atoms with Crippen LogP contribution in [-0.4, -0.2) is 19.2 Å². The molecule has 2 amide bonds. The van der Waals surface area contributed by atoms with Crippen molar-refractivity contribution in [3.63, 3.8) is 0 Å². The molecule has 0 unspecified atom stereocenters. The lowest BCUT2D eigenvalue weighted by atomic mass is 9.87. The van der Waals surface area contributed by atoms with Crippen LogP contribution in [0, 0.1) is 13.8 Å². The Kier molecular flexibility index (Phi) is 6.07. The third-order valence-electron chi connectivity index (χ3n) is 3.86. The Hall–Kier alpha value is -2.49. The van der Waals surface area contributed by atoms with Gasteiger partial charge in [-0.25, -0.2) is 4.79 Å². The number of hydrogen-bond acceptors (Lipinski definition) is 2. The molecule has 2 aromatic carbocycles. The molecule has 0 aromatic heterocycles. The second kappa shape index (κ2) is 8.06. The van der Waals surface area contributed by atoms with E-state index in [0.717, 1.165) is 11.4 Å². The van der Waals surface area contributed by atoms with Gasteiger partial charge in [0.05, 0.1) is 6.54 Å². The van der Waals surface area contributed by atoms with Gasteiger partial charge in [0.1, 0.15) is 12.4 Å². The predicted molar refractivity (Wildman–Crippen MR) is 104 cm³/mol. The van der Waals surface area contributed by atoms with Gasteiger partial charge in [0.25, 0.3) is 0 Å². The van der Waals surface area contributed by atoms with Crippen LogP contribution >= 0.6 is 0 Å². The number of aryl methyl sites for hydroxylation is 2. The van der Waals surface area contributed by atoms with E-state index in [1.54, 1.807) is 0 Å². The maximum atomic E-state index is 11.9. The standard InChI is InChI=1S/C21H28N2O2/c1-15-12-16(2)14-19(13-15)25-11-10-22-20(24)23-18-8-6-17(7-9-18)21(3,4)5/h6-9,12-14H,10-11H2,1-5H3,(H2,22,23,24). The molecule has 0 radical (unpaired) electrons. The number of amides is 2. The highest BCUT2D eigenvalue weighted by atomic mass is 16.5. The number of benzene rings is 2. The molecule has 2 aromatic rings. The molecule has 2 rings (SSSR count). The summed E-state index contributed by atoms with van der Waals surface area (Å²) in [6.45, 7) is 11.4. The highest BCUT2D eigenvalue weighted by Crippen LogP contribution is 2.23. The van der Waals surface area contributed by atoms with Crippen molar-refractivity contribution in [3.8, 4) is 5.75 Å². The molecule has 0 aliphatic carbocycles. The van der Waals surface area contributed by atoms with E-state index >= 15 is 0 Å². The fourth-order valence-electron chi connectivity index (χ4n) is 2.58. The van der Waals surface area contributed by atoms with Crippen LogP contribution in [0.1, 0.15) is 37.5 Å². The summed E-state index contributed by atoms with van der Waals surface area (Å²) in [4.78, 5) is 11.9. The largest absolute Gasteiger partial charge is 0.492 e. The summed E-state index contributed by atoms with van der Waals surface area (Å²) in [5, 5.41) is 5.63. The Bertz CT molecular complexity index is 695. The molecule has 0 atom stereocenters. The van der Waals surface area contributed by atoms with Crippen LogP contribution in [0.4, 0.5) is 10.5 Å². The van der Waals surface area contributed by atoms with Gasteiger partial charge >= 0.3 is 6.03 Å². The van der Waals surface area contributed by atoms with Crippen LogP contribution in [-0.2, 0) is 5.41 Å². The fourth-order valence-corrected chi connectivity index (χ4v) is 2.58. The topological polar surface area (TPSA) is 50.4 Å². The monoisotopic (exact) mass is 340 g/mol. The van der Waals surface area contributed by atoms with E-state index in [1.165, 1.54) is 16.7 Å². The van der Waals surface area contributed by atoms with E-state index in [1.807, 2.05) is 50.2 Å². The molecule has 2 N–H and O–H groups in total. The van der Waals surface area contributed by atoms with Crippen LogP contribution in [0.15, 0.2) is 42.5 Å². The Morgan fingerprint density at radius 1 is 1.00 bits per heavy atom. The fraction of sp³-hybridized carbons (Fsp3) is 0.381. The van der Waals surface area contributed by atoms with E-state index in [-0.39, 0.29) is 11.4 Å². The summed E-state index contributed by atoms with van der Waals surface area (Å²) in [6.07, 6.45) is 0. The third kappa shape index (κ3) is 6.14. The molecular weight excluding hydrogens is 312 g/mol.